The van der Waals surface area contributed by atoms with E-state index in [0.717, 1.165) is 6.08 Å². The third-order valence-corrected chi connectivity index (χ3v) is 4.31. The zero-order chi connectivity index (χ0) is 20.0. The minimum Gasteiger partial charge on any atom is -0.466 e. The van der Waals surface area contributed by atoms with Crippen LogP contribution < -0.4 is 5.32 Å². The van der Waals surface area contributed by atoms with Gasteiger partial charge in [0, 0.05) is 21.3 Å². The van der Waals surface area contributed by atoms with Crippen LogP contribution >= 0.6 is 27.5 Å². The molecule has 0 aromatic heterocycles. The molecule has 27 heavy (non-hydrogen) atoms. The van der Waals surface area contributed by atoms with E-state index >= 15 is 0 Å². The van der Waals surface area contributed by atoms with Gasteiger partial charge in [0.2, 0.25) is 0 Å². The number of methoxy groups -OCH3 is 2. The number of esters is 2. The van der Waals surface area contributed by atoms with E-state index in [0.29, 0.717) is 20.7 Å². The Morgan fingerprint density at radius 3 is 2.37 bits per heavy atom. The molecule has 0 amide bonds. The molecule has 0 spiro atoms. The largest absolute Gasteiger partial charge is 0.466 e. The lowest BCUT2D eigenvalue weighted by Crippen LogP contribution is -2.17. The summed E-state index contributed by atoms with van der Waals surface area (Å²) in [4.78, 5) is 36.5. The number of ketones is 1. The lowest BCUT2D eigenvalue weighted by molar-refractivity contribution is -0.138. The molecule has 0 aliphatic carbocycles. The van der Waals surface area contributed by atoms with Crippen molar-refractivity contribution in [2.24, 2.45) is 0 Å². The second-order valence-corrected chi connectivity index (χ2v) is 6.52. The quantitative estimate of drug-likeness (QED) is 0.406. The Morgan fingerprint density at radius 1 is 1.04 bits per heavy atom. The van der Waals surface area contributed by atoms with Gasteiger partial charge in [-0.05, 0) is 30.3 Å². The van der Waals surface area contributed by atoms with Crippen LogP contribution in [0.3, 0.4) is 0 Å². The van der Waals surface area contributed by atoms with Gasteiger partial charge in [0.1, 0.15) is 5.70 Å². The summed E-state index contributed by atoms with van der Waals surface area (Å²) in [6, 6.07) is 11.5. The summed E-state index contributed by atoms with van der Waals surface area (Å²) in [7, 11) is 2.35. The van der Waals surface area contributed by atoms with Crippen LogP contribution in [0.25, 0.3) is 0 Å². The van der Waals surface area contributed by atoms with Crippen LogP contribution in [0.4, 0.5) is 5.69 Å². The highest BCUT2D eigenvalue weighted by atomic mass is 79.9. The topological polar surface area (TPSA) is 81.7 Å². The SMILES string of the molecule is COC(=O)/C=C(/Nc1ccc(Br)cc1C(=O)c1ccccc1Cl)C(=O)OC. The molecule has 6 nitrogen and oxygen atoms in total. The molecule has 8 heteroatoms. The average molecular weight is 453 g/mol. The Balaban J connectivity index is 2.50. The first kappa shape index (κ1) is 20.7. The van der Waals surface area contributed by atoms with Gasteiger partial charge in [-0.2, -0.15) is 0 Å². The van der Waals surface area contributed by atoms with Gasteiger partial charge in [-0.3, -0.25) is 4.79 Å². The molecule has 0 atom stereocenters. The summed E-state index contributed by atoms with van der Waals surface area (Å²) < 4.78 is 9.86. The van der Waals surface area contributed by atoms with Crippen molar-refractivity contribution in [2.75, 3.05) is 19.5 Å². The van der Waals surface area contributed by atoms with Crippen molar-refractivity contribution >= 4 is 50.9 Å². The van der Waals surface area contributed by atoms with E-state index in [9.17, 15) is 14.4 Å². The smallest absolute Gasteiger partial charge is 0.354 e. The lowest BCUT2D eigenvalue weighted by Gasteiger charge is -2.14. The molecule has 0 unspecified atom stereocenters. The van der Waals surface area contributed by atoms with Crippen molar-refractivity contribution in [3.05, 3.63) is 74.9 Å². The Kier molecular flexibility index (Phi) is 7.15. The van der Waals surface area contributed by atoms with Crippen LogP contribution in [0.15, 0.2) is 58.7 Å². The maximum atomic E-state index is 13.0. The van der Waals surface area contributed by atoms with Crippen LogP contribution in [-0.4, -0.2) is 31.9 Å². The molecule has 2 aromatic carbocycles. The maximum absolute atomic E-state index is 13.0. The van der Waals surface area contributed by atoms with E-state index in [2.05, 4.69) is 30.7 Å². The molecule has 0 heterocycles. The first-order valence-electron chi connectivity index (χ1n) is 7.61. The third kappa shape index (κ3) is 5.18. The van der Waals surface area contributed by atoms with Crippen LogP contribution in [0.1, 0.15) is 15.9 Å². The van der Waals surface area contributed by atoms with E-state index in [-0.39, 0.29) is 17.0 Å². The number of carbonyl (C=O) groups excluding carboxylic acids is 3. The number of nitrogens with one attached hydrogen (secondary N) is 1. The summed E-state index contributed by atoms with van der Waals surface area (Å²) in [6.45, 7) is 0. The van der Waals surface area contributed by atoms with Gasteiger partial charge >= 0.3 is 11.9 Å². The zero-order valence-corrected chi connectivity index (χ0v) is 16.8. The first-order chi connectivity index (χ1) is 12.9. The van der Waals surface area contributed by atoms with Gasteiger partial charge in [0.25, 0.3) is 0 Å². The Bertz CT molecular complexity index is 926. The van der Waals surface area contributed by atoms with Gasteiger partial charge < -0.3 is 14.8 Å². The van der Waals surface area contributed by atoms with Crippen molar-refractivity contribution < 1.29 is 23.9 Å². The van der Waals surface area contributed by atoms with Crippen LogP contribution in [0.5, 0.6) is 0 Å². The molecular formula is C19H15BrClNO5. The molecule has 0 bridgehead atoms. The van der Waals surface area contributed by atoms with Crippen LogP contribution in [0.2, 0.25) is 5.02 Å². The highest BCUT2D eigenvalue weighted by molar-refractivity contribution is 9.10. The average Bonchev–Trinajstić information content (AvgIpc) is 2.67. The number of halogens is 2. The van der Waals surface area contributed by atoms with Crippen molar-refractivity contribution in [3.63, 3.8) is 0 Å². The van der Waals surface area contributed by atoms with Gasteiger partial charge in [0.05, 0.1) is 25.3 Å². The zero-order valence-electron chi connectivity index (χ0n) is 14.4. The second-order valence-electron chi connectivity index (χ2n) is 5.20. The summed E-state index contributed by atoms with van der Waals surface area (Å²) >= 11 is 9.45. The van der Waals surface area contributed by atoms with Crippen molar-refractivity contribution in [2.45, 2.75) is 0 Å². The number of benzene rings is 2. The molecule has 0 saturated carbocycles. The van der Waals surface area contributed by atoms with Gasteiger partial charge in [0.15, 0.2) is 5.78 Å². The molecule has 0 fully saturated rings. The number of hydrogen-bond donors (Lipinski definition) is 1. The fourth-order valence-electron chi connectivity index (χ4n) is 2.18. The van der Waals surface area contributed by atoms with Gasteiger partial charge in [-0.1, -0.05) is 39.7 Å². The second kappa shape index (κ2) is 9.34. The van der Waals surface area contributed by atoms with Crippen LogP contribution in [0, 0.1) is 0 Å². The fraction of sp³-hybridized carbons (Fsp3) is 0.105. The summed E-state index contributed by atoms with van der Waals surface area (Å²) in [5.41, 5.74) is 0.664. The molecule has 0 saturated heterocycles. The van der Waals surface area contributed by atoms with Crippen LogP contribution in [-0.2, 0) is 19.1 Å². The predicted octanol–water partition coefficient (Wildman–Crippen LogP) is 3.98. The maximum Gasteiger partial charge on any atom is 0.354 e. The number of anilines is 1. The van der Waals surface area contributed by atoms with Crippen molar-refractivity contribution in [1.82, 2.24) is 0 Å². The molecule has 0 radical (unpaired) electrons. The summed E-state index contributed by atoms with van der Waals surface area (Å²) in [6.07, 6.45) is 0.942. The Labute approximate surface area is 169 Å². The highest BCUT2D eigenvalue weighted by Gasteiger charge is 2.20. The Morgan fingerprint density at radius 2 is 1.74 bits per heavy atom. The minimum absolute atomic E-state index is 0.181. The normalized spacial score (nSPS) is 10.9. The number of rotatable bonds is 6. The fourth-order valence-corrected chi connectivity index (χ4v) is 2.76. The minimum atomic E-state index is -0.792. The van der Waals surface area contributed by atoms with E-state index in [1.165, 1.54) is 14.2 Å². The molecule has 0 aliphatic rings. The number of ether oxygens (including phenoxy) is 2. The predicted molar refractivity (Wildman–Crippen MR) is 105 cm³/mol. The molecular weight excluding hydrogens is 438 g/mol. The number of hydrogen-bond acceptors (Lipinski definition) is 6. The van der Waals surface area contributed by atoms with E-state index in [1.807, 2.05) is 0 Å². The highest BCUT2D eigenvalue weighted by Crippen LogP contribution is 2.27. The third-order valence-electron chi connectivity index (χ3n) is 3.48. The number of carbonyl (C=O) groups is 3. The van der Waals surface area contributed by atoms with Crippen molar-refractivity contribution in [3.8, 4) is 0 Å². The molecule has 2 rings (SSSR count). The van der Waals surface area contributed by atoms with E-state index < -0.39 is 11.9 Å². The van der Waals surface area contributed by atoms with E-state index in [1.54, 1.807) is 42.5 Å². The molecule has 1 N–H and O–H groups in total. The van der Waals surface area contributed by atoms with Gasteiger partial charge in [-0.15, -0.1) is 0 Å². The first-order valence-corrected chi connectivity index (χ1v) is 8.78. The Hall–Kier alpha value is -2.64. The molecule has 0 aliphatic heterocycles. The van der Waals surface area contributed by atoms with E-state index in [4.69, 9.17) is 11.6 Å². The van der Waals surface area contributed by atoms with Crippen molar-refractivity contribution in [1.29, 1.82) is 0 Å². The van der Waals surface area contributed by atoms with Gasteiger partial charge in [-0.25, -0.2) is 9.59 Å². The monoisotopic (exact) mass is 451 g/mol. The summed E-state index contributed by atoms with van der Waals surface area (Å²) in [5.74, 6) is -1.90. The molecule has 140 valence electrons. The molecule has 2 aromatic rings. The lowest BCUT2D eigenvalue weighted by atomic mass is 10.0. The summed E-state index contributed by atoms with van der Waals surface area (Å²) in [5, 5.41) is 3.06. The standard InChI is InChI=1S/C19H15BrClNO5/c1-26-17(23)10-16(19(25)27-2)22-15-8-7-11(20)9-13(15)18(24)12-5-3-4-6-14(12)21/h3-10,22H,1-2H3/b16-10+.